The SMILES string of the molecule is C=C/C=C(/CCCCC)OC=C. The molecule has 0 spiro atoms. The number of hydrogen-bond donors (Lipinski definition) is 0. The Morgan fingerprint density at radius 2 is 2.08 bits per heavy atom. The highest BCUT2D eigenvalue weighted by atomic mass is 16.5. The van der Waals surface area contributed by atoms with E-state index in [2.05, 4.69) is 20.1 Å². The number of rotatable bonds is 7. The summed E-state index contributed by atoms with van der Waals surface area (Å²) < 4.78 is 5.18. The van der Waals surface area contributed by atoms with Gasteiger partial charge in [0.1, 0.15) is 5.76 Å². The number of hydrogen-bond acceptors (Lipinski definition) is 1. The van der Waals surface area contributed by atoms with E-state index in [1.54, 1.807) is 6.08 Å². The first-order valence-electron chi connectivity index (χ1n) is 4.44. The second-order valence-corrected chi connectivity index (χ2v) is 2.61. The molecule has 0 aromatic rings. The molecule has 0 aliphatic heterocycles. The smallest absolute Gasteiger partial charge is 0.103 e. The lowest BCUT2D eigenvalue weighted by Gasteiger charge is -2.03. The molecular formula is C11H18O. The molecule has 0 N–H and O–H groups in total. The van der Waals surface area contributed by atoms with Crippen LogP contribution in [0.25, 0.3) is 0 Å². The van der Waals surface area contributed by atoms with Crippen molar-refractivity contribution in [2.75, 3.05) is 0 Å². The van der Waals surface area contributed by atoms with Crippen molar-refractivity contribution in [1.82, 2.24) is 0 Å². The Balaban J connectivity index is 3.70. The Labute approximate surface area is 75.4 Å². The van der Waals surface area contributed by atoms with E-state index in [1.807, 2.05) is 6.08 Å². The van der Waals surface area contributed by atoms with Gasteiger partial charge in [-0.3, -0.25) is 0 Å². The molecule has 0 heterocycles. The maximum atomic E-state index is 5.18. The van der Waals surface area contributed by atoms with Crippen LogP contribution < -0.4 is 0 Å². The first-order chi connectivity index (χ1) is 5.85. The van der Waals surface area contributed by atoms with E-state index in [9.17, 15) is 0 Å². The third-order valence-corrected chi connectivity index (χ3v) is 1.57. The van der Waals surface area contributed by atoms with Crippen LogP contribution in [-0.2, 0) is 4.74 Å². The van der Waals surface area contributed by atoms with Crippen LogP contribution in [0.1, 0.15) is 32.6 Å². The molecule has 0 saturated carbocycles. The summed E-state index contributed by atoms with van der Waals surface area (Å²) in [5.74, 6) is 0.952. The van der Waals surface area contributed by atoms with Gasteiger partial charge in [-0.05, 0) is 12.5 Å². The zero-order valence-corrected chi connectivity index (χ0v) is 7.88. The molecule has 0 fully saturated rings. The highest BCUT2D eigenvalue weighted by molar-refractivity contribution is 5.04. The van der Waals surface area contributed by atoms with Gasteiger partial charge in [-0.2, -0.15) is 0 Å². The van der Waals surface area contributed by atoms with Crippen LogP contribution in [0.3, 0.4) is 0 Å². The van der Waals surface area contributed by atoms with Gasteiger partial charge in [-0.15, -0.1) is 0 Å². The number of ether oxygens (including phenoxy) is 1. The van der Waals surface area contributed by atoms with Crippen LogP contribution in [0.4, 0.5) is 0 Å². The van der Waals surface area contributed by atoms with Crippen LogP contribution in [0.5, 0.6) is 0 Å². The fraction of sp³-hybridized carbons (Fsp3) is 0.455. The van der Waals surface area contributed by atoms with Gasteiger partial charge in [0.2, 0.25) is 0 Å². The zero-order valence-electron chi connectivity index (χ0n) is 7.88. The molecule has 0 atom stereocenters. The number of allylic oxidation sites excluding steroid dienone is 3. The summed E-state index contributed by atoms with van der Waals surface area (Å²) in [7, 11) is 0. The van der Waals surface area contributed by atoms with Gasteiger partial charge < -0.3 is 4.74 Å². The van der Waals surface area contributed by atoms with E-state index in [-0.39, 0.29) is 0 Å². The zero-order chi connectivity index (χ0) is 9.23. The Hall–Kier alpha value is -0.980. The topological polar surface area (TPSA) is 9.23 Å². The highest BCUT2D eigenvalue weighted by Gasteiger charge is 1.94. The van der Waals surface area contributed by atoms with Gasteiger partial charge in [0, 0.05) is 6.42 Å². The summed E-state index contributed by atoms with van der Waals surface area (Å²) in [5, 5.41) is 0. The highest BCUT2D eigenvalue weighted by Crippen LogP contribution is 2.10. The summed E-state index contributed by atoms with van der Waals surface area (Å²) in [4.78, 5) is 0. The molecule has 1 nitrogen and oxygen atoms in total. The Bertz CT molecular complexity index is 156. The molecule has 0 saturated heterocycles. The molecule has 0 unspecified atom stereocenters. The molecule has 0 radical (unpaired) electrons. The maximum absolute atomic E-state index is 5.18. The summed E-state index contributed by atoms with van der Waals surface area (Å²) in [6, 6.07) is 0. The molecule has 0 rings (SSSR count). The van der Waals surface area contributed by atoms with Gasteiger partial charge >= 0.3 is 0 Å². The largest absolute Gasteiger partial charge is 0.470 e. The second-order valence-electron chi connectivity index (χ2n) is 2.61. The van der Waals surface area contributed by atoms with Crippen molar-refractivity contribution in [2.45, 2.75) is 32.6 Å². The fourth-order valence-electron chi connectivity index (χ4n) is 0.969. The molecule has 0 aliphatic carbocycles. The fourth-order valence-corrected chi connectivity index (χ4v) is 0.969. The lowest BCUT2D eigenvalue weighted by atomic mass is 10.2. The van der Waals surface area contributed by atoms with E-state index < -0.39 is 0 Å². The normalized spacial score (nSPS) is 10.9. The van der Waals surface area contributed by atoms with Crippen molar-refractivity contribution in [1.29, 1.82) is 0 Å². The summed E-state index contributed by atoms with van der Waals surface area (Å²) >= 11 is 0. The molecule has 12 heavy (non-hydrogen) atoms. The number of unbranched alkanes of at least 4 members (excludes halogenated alkanes) is 2. The minimum absolute atomic E-state index is 0.952. The van der Waals surface area contributed by atoms with Crippen LogP contribution in [0.2, 0.25) is 0 Å². The Morgan fingerprint density at radius 1 is 1.33 bits per heavy atom. The van der Waals surface area contributed by atoms with Crippen LogP contribution >= 0.6 is 0 Å². The summed E-state index contributed by atoms with van der Waals surface area (Å²) in [6.07, 6.45) is 9.71. The third-order valence-electron chi connectivity index (χ3n) is 1.57. The van der Waals surface area contributed by atoms with E-state index in [1.165, 1.54) is 25.5 Å². The molecule has 0 aromatic carbocycles. The predicted octanol–water partition coefficient (Wildman–Crippen LogP) is 3.80. The Morgan fingerprint density at radius 3 is 2.58 bits per heavy atom. The van der Waals surface area contributed by atoms with Gasteiger partial charge in [-0.1, -0.05) is 39.0 Å². The average Bonchev–Trinajstić information content (AvgIpc) is 2.06. The molecule has 68 valence electrons. The maximum Gasteiger partial charge on any atom is 0.103 e. The Kier molecular flexibility index (Phi) is 7.46. The van der Waals surface area contributed by atoms with E-state index in [0.717, 1.165) is 12.2 Å². The second kappa shape index (κ2) is 8.12. The van der Waals surface area contributed by atoms with E-state index in [0.29, 0.717) is 0 Å². The first kappa shape index (κ1) is 11.0. The average molecular weight is 166 g/mol. The molecule has 0 aromatic heterocycles. The van der Waals surface area contributed by atoms with Crippen molar-refractivity contribution in [3.63, 3.8) is 0 Å². The van der Waals surface area contributed by atoms with E-state index in [4.69, 9.17) is 4.74 Å². The van der Waals surface area contributed by atoms with Gasteiger partial charge in [0.25, 0.3) is 0 Å². The predicted molar refractivity (Wildman–Crippen MR) is 53.7 cm³/mol. The van der Waals surface area contributed by atoms with Crippen molar-refractivity contribution < 1.29 is 4.74 Å². The lowest BCUT2D eigenvalue weighted by Crippen LogP contribution is -1.85. The third kappa shape index (κ3) is 5.78. The minimum Gasteiger partial charge on any atom is -0.470 e. The van der Waals surface area contributed by atoms with Crippen LogP contribution in [0.15, 0.2) is 37.3 Å². The van der Waals surface area contributed by atoms with Crippen molar-refractivity contribution in [2.24, 2.45) is 0 Å². The van der Waals surface area contributed by atoms with Crippen molar-refractivity contribution in [3.05, 3.63) is 37.3 Å². The molecule has 1 heteroatoms. The first-order valence-corrected chi connectivity index (χ1v) is 4.44. The quantitative estimate of drug-likeness (QED) is 0.317. The van der Waals surface area contributed by atoms with Crippen LogP contribution in [0, 0.1) is 0 Å². The molecule has 0 aliphatic rings. The monoisotopic (exact) mass is 166 g/mol. The van der Waals surface area contributed by atoms with Gasteiger partial charge in [-0.25, -0.2) is 0 Å². The minimum atomic E-state index is 0.952. The summed E-state index contributed by atoms with van der Waals surface area (Å²) in [6.45, 7) is 9.32. The molecule has 0 amide bonds. The van der Waals surface area contributed by atoms with E-state index >= 15 is 0 Å². The van der Waals surface area contributed by atoms with Gasteiger partial charge in [0.15, 0.2) is 0 Å². The van der Waals surface area contributed by atoms with Crippen LogP contribution in [-0.4, -0.2) is 0 Å². The standard InChI is InChI=1S/C11H18O/c1-4-7-8-10-11(9-5-2)12-6-3/h5-6,9H,2-4,7-8,10H2,1H3/b11-9-. The lowest BCUT2D eigenvalue weighted by molar-refractivity contribution is 0.330. The van der Waals surface area contributed by atoms with Crippen molar-refractivity contribution in [3.8, 4) is 0 Å². The molecule has 0 bridgehead atoms. The van der Waals surface area contributed by atoms with Gasteiger partial charge in [0.05, 0.1) is 6.26 Å². The molecular weight excluding hydrogens is 148 g/mol. The van der Waals surface area contributed by atoms with Crippen molar-refractivity contribution >= 4 is 0 Å². The summed E-state index contributed by atoms with van der Waals surface area (Å²) in [5.41, 5.74) is 0.